The molecule has 17 heavy (non-hydrogen) atoms. The summed E-state index contributed by atoms with van der Waals surface area (Å²) in [5.41, 5.74) is 1.42. The molecule has 0 saturated heterocycles. The van der Waals surface area contributed by atoms with Gasteiger partial charge >= 0.3 is 0 Å². The first-order valence-corrected chi connectivity index (χ1v) is 7.89. The summed E-state index contributed by atoms with van der Waals surface area (Å²) in [7, 11) is 0. The van der Waals surface area contributed by atoms with Gasteiger partial charge in [-0.25, -0.2) is 0 Å². The molecule has 0 heterocycles. The second-order valence-electron chi connectivity index (χ2n) is 8.16. The second-order valence-corrected chi connectivity index (χ2v) is 8.16. The van der Waals surface area contributed by atoms with Crippen LogP contribution in [-0.2, 0) is 0 Å². The van der Waals surface area contributed by atoms with Gasteiger partial charge in [-0.3, -0.25) is 0 Å². The fourth-order valence-corrected chi connectivity index (χ4v) is 3.95. The maximum atomic E-state index is 2.51. The lowest BCUT2D eigenvalue weighted by Gasteiger charge is -2.17. The maximum Gasteiger partial charge on any atom is -0.0232 e. The Morgan fingerprint density at radius 2 is 1.94 bits per heavy atom. The molecule has 0 aromatic rings. The minimum atomic E-state index is 0.544. The third-order valence-electron chi connectivity index (χ3n) is 5.40. The van der Waals surface area contributed by atoms with Crippen molar-refractivity contribution in [2.45, 2.75) is 79.6 Å². The monoisotopic (exact) mass is 236 g/mol. The van der Waals surface area contributed by atoms with Crippen molar-refractivity contribution in [2.75, 3.05) is 0 Å². The lowest BCUT2D eigenvalue weighted by atomic mass is 9.88. The Morgan fingerprint density at radius 1 is 1.24 bits per heavy atom. The van der Waals surface area contributed by atoms with Gasteiger partial charge in [0.1, 0.15) is 0 Å². The molecule has 0 radical (unpaired) electrons. The number of unbranched alkanes of at least 4 members (excludes halogenated alkanes) is 1. The first-order valence-electron chi connectivity index (χ1n) is 7.89. The zero-order chi connectivity index (χ0) is 12.7. The third kappa shape index (κ3) is 3.06. The third-order valence-corrected chi connectivity index (χ3v) is 5.40. The highest BCUT2D eigenvalue weighted by Crippen LogP contribution is 2.78. The standard InChI is InChI=1S/C17H32/c1-6-7-8-13(2)15-12-17(15)11-14(17)9-10-16(3,4)5/h13-15H,6-12H2,1-5H3. The lowest BCUT2D eigenvalue weighted by Crippen LogP contribution is -2.06. The average molecular weight is 236 g/mol. The van der Waals surface area contributed by atoms with Crippen LogP contribution in [0.4, 0.5) is 0 Å². The zero-order valence-corrected chi connectivity index (χ0v) is 12.7. The van der Waals surface area contributed by atoms with Crippen LogP contribution in [-0.4, -0.2) is 0 Å². The van der Waals surface area contributed by atoms with Crippen LogP contribution in [0.3, 0.4) is 0 Å². The van der Waals surface area contributed by atoms with E-state index in [0.29, 0.717) is 5.41 Å². The van der Waals surface area contributed by atoms with Gasteiger partial charge in [-0.15, -0.1) is 0 Å². The lowest BCUT2D eigenvalue weighted by molar-refractivity contribution is 0.341. The topological polar surface area (TPSA) is 0 Å². The van der Waals surface area contributed by atoms with Crippen molar-refractivity contribution in [3.8, 4) is 0 Å². The summed E-state index contributed by atoms with van der Waals surface area (Å²) in [6.07, 6.45) is 10.4. The molecule has 0 aromatic carbocycles. The van der Waals surface area contributed by atoms with Gasteiger partial charge in [-0.1, -0.05) is 53.9 Å². The Bertz CT molecular complexity index is 260. The molecular formula is C17H32. The Labute approximate surface area is 109 Å². The van der Waals surface area contributed by atoms with Crippen LogP contribution in [0.15, 0.2) is 0 Å². The van der Waals surface area contributed by atoms with Crippen molar-refractivity contribution in [1.82, 2.24) is 0 Å². The molecular weight excluding hydrogens is 204 g/mol. The smallest absolute Gasteiger partial charge is 0.0232 e. The van der Waals surface area contributed by atoms with E-state index in [2.05, 4.69) is 34.6 Å². The summed E-state index contributed by atoms with van der Waals surface area (Å²) >= 11 is 0. The first-order chi connectivity index (χ1) is 7.89. The van der Waals surface area contributed by atoms with E-state index in [4.69, 9.17) is 0 Å². The minimum Gasteiger partial charge on any atom is -0.0654 e. The van der Waals surface area contributed by atoms with Gasteiger partial charge < -0.3 is 0 Å². The van der Waals surface area contributed by atoms with Crippen molar-refractivity contribution < 1.29 is 0 Å². The predicted octanol–water partition coefficient (Wildman–Crippen LogP) is 5.67. The Balaban J connectivity index is 1.69. The maximum absolute atomic E-state index is 2.51. The number of hydrogen-bond acceptors (Lipinski definition) is 0. The Morgan fingerprint density at radius 3 is 2.53 bits per heavy atom. The Hall–Kier alpha value is 0. The fraction of sp³-hybridized carbons (Fsp3) is 1.00. The molecule has 0 heteroatoms. The summed E-state index contributed by atoms with van der Waals surface area (Å²) in [4.78, 5) is 0. The zero-order valence-electron chi connectivity index (χ0n) is 12.7. The molecule has 0 amide bonds. The van der Waals surface area contributed by atoms with E-state index in [9.17, 15) is 0 Å². The molecule has 0 aliphatic heterocycles. The van der Waals surface area contributed by atoms with Crippen LogP contribution < -0.4 is 0 Å². The van der Waals surface area contributed by atoms with Crippen molar-refractivity contribution in [2.24, 2.45) is 28.6 Å². The van der Waals surface area contributed by atoms with Gasteiger partial charge in [-0.2, -0.15) is 0 Å². The summed E-state index contributed by atoms with van der Waals surface area (Å²) in [5.74, 6) is 3.23. The molecule has 4 unspecified atom stereocenters. The quantitative estimate of drug-likeness (QED) is 0.558. The average Bonchev–Trinajstić information content (AvgIpc) is 3.11. The number of hydrogen-bond donors (Lipinski definition) is 0. The van der Waals surface area contributed by atoms with E-state index in [-0.39, 0.29) is 0 Å². The molecule has 100 valence electrons. The molecule has 0 bridgehead atoms. The molecule has 0 nitrogen and oxygen atoms in total. The molecule has 0 N–H and O–H groups in total. The van der Waals surface area contributed by atoms with E-state index >= 15 is 0 Å². The first kappa shape index (κ1) is 13.4. The fourth-order valence-electron chi connectivity index (χ4n) is 3.95. The molecule has 2 fully saturated rings. The van der Waals surface area contributed by atoms with E-state index in [1.54, 1.807) is 12.8 Å². The van der Waals surface area contributed by atoms with Crippen LogP contribution in [0.2, 0.25) is 0 Å². The molecule has 2 saturated carbocycles. The van der Waals surface area contributed by atoms with Gasteiger partial charge in [-0.05, 0) is 54.3 Å². The highest BCUT2D eigenvalue weighted by Gasteiger charge is 2.70. The molecule has 1 spiro atoms. The largest absolute Gasteiger partial charge is 0.0654 e. The molecule has 2 aliphatic rings. The molecule has 2 rings (SSSR count). The molecule has 2 aliphatic carbocycles. The highest BCUT2D eigenvalue weighted by molar-refractivity contribution is 5.19. The van der Waals surface area contributed by atoms with Gasteiger partial charge in [0.15, 0.2) is 0 Å². The predicted molar refractivity (Wildman–Crippen MR) is 76.0 cm³/mol. The Kier molecular flexibility index (Phi) is 3.63. The van der Waals surface area contributed by atoms with Gasteiger partial charge in [0.05, 0.1) is 0 Å². The summed E-state index contributed by atoms with van der Waals surface area (Å²) in [6.45, 7) is 12.0. The minimum absolute atomic E-state index is 0.544. The number of rotatable bonds is 6. The second kappa shape index (κ2) is 4.59. The SMILES string of the molecule is CCCCC(C)C1CC12CC2CCC(C)(C)C. The van der Waals surface area contributed by atoms with Crippen LogP contribution in [0, 0.1) is 28.6 Å². The normalized spacial score (nSPS) is 37.2. The van der Waals surface area contributed by atoms with Gasteiger partial charge in [0.2, 0.25) is 0 Å². The van der Waals surface area contributed by atoms with Gasteiger partial charge in [0.25, 0.3) is 0 Å². The van der Waals surface area contributed by atoms with Crippen LogP contribution in [0.1, 0.15) is 79.6 Å². The summed E-state index contributed by atoms with van der Waals surface area (Å²) < 4.78 is 0. The highest BCUT2D eigenvalue weighted by atomic mass is 14.7. The van der Waals surface area contributed by atoms with E-state index in [0.717, 1.165) is 23.2 Å². The molecule has 0 aromatic heterocycles. The van der Waals surface area contributed by atoms with Crippen LogP contribution >= 0.6 is 0 Å². The van der Waals surface area contributed by atoms with Crippen LogP contribution in [0.5, 0.6) is 0 Å². The van der Waals surface area contributed by atoms with E-state index in [1.165, 1.54) is 32.1 Å². The summed E-state index contributed by atoms with van der Waals surface area (Å²) in [5, 5.41) is 0. The van der Waals surface area contributed by atoms with Gasteiger partial charge in [0, 0.05) is 0 Å². The van der Waals surface area contributed by atoms with E-state index < -0.39 is 0 Å². The van der Waals surface area contributed by atoms with Crippen molar-refractivity contribution >= 4 is 0 Å². The van der Waals surface area contributed by atoms with Crippen molar-refractivity contribution in [1.29, 1.82) is 0 Å². The van der Waals surface area contributed by atoms with Crippen molar-refractivity contribution in [3.63, 3.8) is 0 Å². The molecule has 4 atom stereocenters. The van der Waals surface area contributed by atoms with Crippen molar-refractivity contribution in [3.05, 3.63) is 0 Å². The summed E-state index contributed by atoms with van der Waals surface area (Å²) in [6, 6.07) is 0. The van der Waals surface area contributed by atoms with E-state index in [1.807, 2.05) is 0 Å². The van der Waals surface area contributed by atoms with Crippen LogP contribution in [0.25, 0.3) is 0 Å².